The average Bonchev–Trinajstić information content (AvgIpc) is 2.87. The van der Waals surface area contributed by atoms with Crippen LogP contribution in [0.25, 0.3) is 5.57 Å². The highest BCUT2D eigenvalue weighted by molar-refractivity contribution is 7.80. The van der Waals surface area contributed by atoms with Gasteiger partial charge in [0.05, 0.1) is 12.2 Å². The van der Waals surface area contributed by atoms with Gasteiger partial charge >= 0.3 is 0 Å². The Kier molecular flexibility index (Phi) is 3.96. The molecule has 1 aliphatic heterocycles. The topological polar surface area (TPSA) is 9.23 Å². The summed E-state index contributed by atoms with van der Waals surface area (Å²) < 4.78 is 6.27. The van der Waals surface area contributed by atoms with E-state index in [-0.39, 0.29) is 5.60 Å². The first-order valence-electron chi connectivity index (χ1n) is 7.84. The number of hydrogen-bond donors (Lipinski definition) is 1. The van der Waals surface area contributed by atoms with Crippen molar-refractivity contribution in [1.82, 2.24) is 0 Å². The van der Waals surface area contributed by atoms with Gasteiger partial charge in [0.25, 0.3) is 0 Å². The zero-order valence-electron chi connectivity index (χ0n) is 12.5. The zero-order chi connectivity index (χ0) is 14.2. The monoisotopic (exact) mass is 288 g/mol. The molecule has 0 spiro atoms. The van der Waals surface area contributed by atoms with Crippen LogP contribution in [0, 0.1) is 0 Å². The number of hydrogen-bond acceptors (Lipinski definition) is 2. The largest absolute Gasteiger partial charge is 0.370 e. The van der Waals surface area contributed by atoms with E-state index in [0.717, 1.165) is 44.5 Å². The summed E-state index contributed by atoms with van der Waals surface area (Å²) >= 11 is 4.47. The molecule has 3 rings (SSSR count). The lowest BCUT2D eigenvalue weighted by Crippen LogP contribution is -2.38. The van der Waals surface area contributed by atoms with Crippen LogP contribution in [0.4, 0.5) is 0 Å². The smallest absolute Gasteiger partial charge is 0.0905 e. The molecule has 0 fully saturated rings. The molecule has 1 aliphatic carbocycles. The van der Waals surface area contributed by atoms with Crippen molar-refractivity contribution in [2.75, 3.05) is 12.4 Å². The molecule has 108 valence electrons. The molecule has 2 heteroatoms. The molecule has 0 saturated heterocycles. The Morgan fingerprint density at radius 3 is 2.85 bits per heavy atom. The third kappa shape index (κ3) is 2.05. The van der Waals surface area contributed by atoms with Gasteiger partial charge in [0.1, 0.15) is 0 Å². The molecular weight excluding hydrogens is 264 g/mol. The maximum atomic E-state index is 6.27. The van der Waals surface area contributed by atoms with Gasteiger partial charge in [0.15, 0.2) is 0 Å². The number of thiol groups is 1. The molecule has 1 aromatic rings. The standard InChI is InChI=1S/C18H24OS/c1-3-13-6-5-7-14-15-8-10-19-18(4-2,9-11-20)17(15)12-16(13)14/h5-7,20H,3-4,8-12H2,1-2H3. The SMILES string of the molecule is CCc1cccc2c1CC1=C2CCOC1(CC)CCS. The van der Waals surface area contributed by atoms with Crippen LogP contribution in [0.2, 0.25) is 0 Å². The normalized spacial score (nSPS) is 24.8. The highest BCUT2D eigenvalue weighted by atomic mass is 32.1. The molecule has 1 unspecified atom stereocenters. The van der Waals surface area contributed by atoms with Crippen molar-refractivity contribution in [3.05, 3.63) is 40.5 Å². The van der Waals surface area contributed by atoms with Gasteiger partial charge in [0, 0.05) is 0 Å². The molecule has 20 heavy (non-hydrogen) atoms. The third-order valence-electron chi connectivity index (χ3n) is 5.06. The number of benzene rings is 1. The van der Waals surface area contributed by atoms with Gasteiger partial charge < -0.3 is 4.74 Å². The predicted octanol–water partition coefficient (Wildman–Crippen LogP) is 4.45. The van der Waals surface area contributed by atoms with E-state index in [9.17, 15) is 0 Å². The summed E-state index contributed by atoms with van der Waals surface area (Å²) in [6.45, 7) is 5.36. The fourth-order valence-electron chi connectivity index (χ4n) is 3.96. The Balaban J connectivity index is 2.08. The first-order chi connectivity index (χ1) is 9.75. The summed E-state index contributed by atoms with van der Waals surface area (Å²) in [6, 6.07) is 6.81. The Morgan fingerprint density at radius 1 is 1.30 bits per heavy atom. The van der Waals surface area contributed by atoms with Gasteiger partial charge in [0.2, 0.25) is 0 Å². The molecule has 0 N–H and O–H groups in total. The van der Waals surface area contributed by atoms with Gasteiger partial charge in [-0.05, 0) is 65.7 Å². The number of ether oxygens (including phenoxy) is 1. The van der Waals surface area contributed by atoms with Crippen LogP contribution in [0.5, 0.6) is 0 Å². The van der Waals surface area contributed by atoms with E-state index < -0.39 is 0 Å². The van der Waals surface area contributed by atoms with E-state index in [2.05, 4.69) is 44.7 Å². The summed E-state index contributed by atoms with van der Waals surface area (Å²) in [6.07, 6.45) is 5.37. The highest BCUT2D eigenvalue weighted by Crippen LogP contribution is 2.48. The van der Waals surface area contributed by atoms with Crippen molar-refractivity contribution in [2.24, 2.45) is 0 Å². The molecule has 1 aromatic carbocycles. The number of fused-ring (bicyclic) bond motifs is 2. The molecule has 0 radical (unpaired) electrons. The lowest BCUT2D eigenvalue weighted by atomic mass is 9.82. The average molecular weight is 288 g/mol. The van der Waals surface area contributed by atoms with Crippen LogP contribution in [-0.2, 0) is 17.6 Å². The second-order valence-corrected chi connectivity index (χ2v) is 6.30. The van der Waals surface area contributed by atoms with Gasteiger partial charge in [-0.15, -0.1) is 0 Å². The third-order valence-corrected chi connectivity index (χ3v) is 5.29. The van der Waals surface area contributed by atoms with Gasteiger partial charge in [-0.25, -0.2) is 0 Å². The fraction of sp³-hybridized carbons (Fsp3) is 0.556. The summed E-state index contributed by atoms with van der Waals surface area (Å²) in [5, 5.41) is 0. The molecule has 1 atom stereocenters. The minimum absolute atomic E-state index is 0.0562. The fourth-order valence-corrected chi connectivity index (χ4v) is 4.32. The Hall–Kier alpha value is -0.730. The van der Waals surface area contributed by atoms with Crippen molar-refractivity contribution in [1.29, 1.82) is 0 Å². The van der Waals surface area contributed by atoms with E-state index >= 15 is 0 Å². The van der Waals surface area contributed by atoms with Crippen LogP contribution < -0.4 is 0 Å². The summed E-state index contributed by atoms with van der Waals surface area (Å²) in [5.41, 5.74) is 7.63. The Bertz CT molecular complexity index is 546. The summed E-state index contributed by atoms with van der Waals surface area (Å²) in [5.74, 6) is 0.890. The van der Waals surface area contributed by atoms with Crippen LogP contribution in [0.1, 0.15) is 49.8 Å². The van der Waals surface area contributed by atoms with Crippen molar-refractivity contribution < 1.29 is 4.74 Å². The van der Waals surface area contributed by atoms with Crippen LogP contribution >= 0.6 is 12.6 Å². The molecule has 0 bridgehead atoms. The highest BCUT2D eigenvalue weighted by Gasteiger charge is 2.41. The molecule has 0 amide bonds. The van der Waals surface area contributed by atoms with Crippen molar-refractivity contribution in [3.63, 3.8) is 0 Å². The minimum Gasteiger partial charge on any atom is -0.370 e. The summed E-state index contributed by atoms with van der Waals surface area (Å²) in [4.78, 5) is 0. The van der Waals surface area contributed by atoms with Crippen LogP contribution in [-0.4, -0.2) is 18.0 Å². The molecule has 1 nitrogen and oxygen atoms in total. The van der Waals surface area contributed by atoms with Crippen LogP contribution in [0.3, 0.4) is 0 Å². The molecule has 2 aliphatic rings. The molecular formula is C18H24OS. The predicted molar refractivity (Wildman–Crippen MR) is 88.5 cm³/mol. The number of aryl methyl sites for hydroxylation is 1. The van der Waals surface area contributed by atoms with Crippen LogP contribution in [0.15, 0.2) is 23.8 Å². The van der Waals surface area contributed by atoms with E-state index in [1.165, 1.54) is 11.1 Å². The van der Waals surface area contributed by atoms with Gasteiger partial charge in [-0.2, -0.15) is 12.6 Å². The van der Waals surface area contributed by atoms with E-state index in [1.807, 2.05) is 0 Å². The molecule has 0 saturated carbocycles. The summed E-state index contributed by atoms with van der Waals surface area (Å²) in [7, 11) is 0. The zero-order valence-corrected chi connectivity index (χ0v) is 13.4. The second-order valence-electron chi connectivity index (χ2n) is 5.85. The van der Waals surface area contributed by atoms with E-state index in [4.69, 9.17) is 4.74 Å². The van der Waals surface area contributed by atoms with Crippen molar-refractivity contribution in [2.45, 2.75) is 51.6 Å². The lowest BCUT2D eigenvalue weighted by molar-refractivity contribution is -0.0270. The van der Waals surface area contributed by atoms with Crippen molar-refractivity contribution in [3.8, 4) is 0 Å². The lowest BCUT2D eigenvalue weighted by Gasteiger charge is -2.38. The molecule has 0 aromatic heterocycles. The minimum atomic E-state index is -0.0562. The first kappa shape index (κ1) is 14.2. The quantitative estimate of drug-likeness (QED) is 0.805. The maximum absolute atomic E-state index is 6.27. The maximum Gasteiger partial charge on any atom is 0.0905 e. The van der Waals surface area contributed by atoms with Crippen molar-refractivity contribution >= 4 is 18.2 Å². The van der Waals surface area contributed by atoms with E-state index in [0.29, 0.717) is 0 Å². The van der Waals surface area contributed by atoms with Gasteiger partial charge in [-0.1, -0.05) is 32.0 Å². The van der Waals surface area contributed by atoms with Gasteiger partial charge in [-0.3, -0.25) is 0 Å². The molecule has 1 heterocycles. The first-order valence-corrected chi connectivity index (χ1v) is 8.47. The Morgan fingerprint density at radius 2 is 2.15 bits per heavy atom. The second kappa shape index (κ2) is 5.57. The van der Waals surface area contributed by atoms with E-state index in [1.54, 1.807) is 16.7 Å². The Labute approximate surface area is 127 Å². The number of rotatable bonds is 4.